The second-order valence-electron chi connectivity index (χ2n) is 6.74. The largest absolute Gasteiger partial charge is 0.367 e. The lowest BCUT2D eigenvalue weighted by Gasteiger charge is -2.15. The van der Waals surface area contributed by atoms with Crippen molar-refractivity contribution in [3.05, 3.63) is 36.3 Å². The molecule has 1 aliphatic rings. The van der Waals surface area contributed by atoms with E-state index in [9.17, 15) is 0 Å². The van der Waals surface area contributed by atoms with E-state index in [1.807, 2.05) is 16.6 Å². The number of nitrogens with zero attached hydrogens (tertiary/aromatic N) is 5. The van der Waals surface area contributed by atoms with Crippen LogP contribution in [0.3, 0.4) is 0 Å². The van der Waals surface area contributed by atoms with Gasteiger partial charge in [0.25, 0.3) is 5.78 Å². The summed E-state index contributed by atoms with van der Waals surface area (Å²) in [5.41, 5.74) is 1.94. The second-order valence-corrected chi connectivity index (χ2v) is 6.74. The topological polar surface area (TPSA) is 68.0 Å². The SMILES string of the molecule is CC(C)c1cc(NC2CCCC2)n2nc(-c3cccnc3)nc2n1. The average Bonchev–Trinajstić information content (AvgIpc) is 3.24. The summed E-state index contributed by atoms with van der Waals surface area (Å²) in [5, 5.41) is 8.31. The molecule has 1 aliphatic carbocycles. The molecule has 1 saturated carbocycles. The Labute approximate surface area is 141 Å². The third-order valence-electron chi connectivity index (χ3n) is 4.55. The highest BCUT2D eigenvalue weighted by Crippen LogP contribution is 2.25. The number of pyridine rings is 1. The van der Waals surface area contributed by atoms with Crippen molar-refractivity contribution in [2.75, 3.05) is 5.32 Å². The van der Waals surface area contributed by atoms with Crippen molar-refractivity contribution >= 4 is 11.6 Å². The van der Waals surface area contributed by atoms with Crippen LogP contribution in [0.4, 0.5) is 5.82 Å². The lowest BCUT2D eigenvalue weighted by molar-refractivity contribution is 0.735. The molecular formula is C18H22N6. The monoisotopic (exact) mass is 322 g/mol. The molecule has 1 fully saturated rings. The maximum atomic E-state index is 4.69. The maximum Gasteiger partial charge on any atom is 0.254 e. The molecule has 0 radical (unpaired) electrons. The zero-order valence-electron chi connectivity index (χ0n) is 14.1. The molecule has 3 aromatic rings. The number of nitrogens with one attached hydrogen (secondary N) is 1. The van der Waals surface area contributed by atoms with Crippen LogP contribution < -0.4 is 5.32 Å². The number of rotatable bonds is 4. The van der Waals surface area contributed by atoms with E-state index in [4.69, 9.17) is 0 Å². The molecule has 1 N–H and O–H groups in total. The third kappa shape index (κ3) is 2.84. The van der Waals surface area contributed by atoms with Crippen LogP contribution in [0.15, 0.2) is 30.6 Å². The highest BCUT2D eigenvalue weighted by atomic mass is 15.4. The zero-order valence-corrected chi connectivity index (χ0v) is 14.1. The standard InChI is InChI=1S/C18H22N6/c1-12(2)15-10-16(20-14-7-3-4-8-14)24-18(21-15)22-17(23-24)13-6-5-9-19-11-13/h5-6,9-12,14,20H,3-4,7-8H2,1-2H3. The number of hydrogen-bond acceptors (Lipinski definition) is 5. The normalized spacial score (nSPS) is 15.5. The summed E-state index contributed by atoms with van der Waals surface area (Å²) < 4.78 is 1.83. The smallest absolute Gasteiger partial charge is 0.254 e. The minimum absolute atomic E-state index is 0.345. The van der Waals surface area contributed by atoms with E-state index in [0.29, 0.717) is 23.6 Å². The summed E-state index contributed by atoms with van der Waals surface area (Å²) in [6.07, 6.45) is 8.54. The van der Waals surface area contributed by atoms with E-state index in [1.54, 1.807) is 12.4 Å². The molecule has 0 amide bonds. The number of hydrogen-bond donors (Lipinski definition) is 1. The molecule has 24 heavy (non-hydrogen) atoms. The van der Waals surface area contributed by atoms with Crippen LogP contribution in [-0.4, -0.2) is 30.6 Å². The van der Waals surface area contributed by atoms with Crippen LogP contribution in [0.1, 0.15) is 51.1 Å². The van der Waals surface area contributed by atoms with Gasteiger partial charge in [-0.05, 0) is 30.9 Å². The first-order chi connectivity index (χ1) is 11.7. The van der Waals surface area contributed by atoms with E-state index in [1.165, 1.54) is 25.7 Å². The average molecular weight is 322 g/mol. The first kappa shape index (κ1) is 15.1. The van der Waals surface area contributed by atoms with Gasteiger partial charge in [-0.15, -0.1) is 5.10 Å². The number of anilines is 1. The van der Waals surface area contributed by atoms with Crippen molar-refractivity contribution in [2.45, 2.75) is 51.5 Å². The number of aromatic nitrogens is 5. The summed E-state index contributed by atoms with van der Waals surface area (Å²) in [5.74, 6) is 2.63. The zero-order chi connectivity index (χ0) is 16.5. The molecule has 0 aliphatic heterocycles. The van der Waals surface area contributed by atoms with Crippen molar-refractivity contribution in [1.29, 1.82) is 0 Å². The summed E-state index contributed by atoms with van der Waals surface area (Å²) in [7, 11) is 0. The van der Waals surface area contributed by atoms with Crippen LogP contribution in [0.5, 0.6) is 0 Å². The molecule has 6 nitrogen and oxygen atoms in total. The Kier molecular flexibility index (Phi) is 3.88. The lowest BCUT2D eigenvalue weighted by Crippen LogP contribution is -2.18. The van der Waals surface area contributed by atoms with Gasteiger partial charge in [-0.3, -0.25) is 4.98 Å². The quantitative estimate of drug-likeness (QED) is 0.794. The molecule has 0 spiro atoms. The maximum absolute atomic E-state index is 4.69. The molecule has 4 rings (SSSR count). The van der Waals surface area contributed by atoms with Crippen molar-refractivity contribution in [3.63, 3.8) is 0 Å². The van der Waals surface area contributed by atoms with Crippen molar-refractivity contribution in [2.24, 2.45) is 0 Å². The van der Waals surface area contributed by atoms with E-state index in [-0.39, 0.29) is 0 Å². The van der Waals surface area contributed by atoms with Gasteiger partial charge in [0.1, 0.15) is 5.82 Å². The van der Waals surface area contributed by atoms with Crippen LogP contribution in [0, 0.1) is 0 Å². The molecule has 3 heterocycles. The Hall–Kier alpha value is -2.50. The van der Waals surface area contributed by atoms with Crippen LogP contribution in [0.2, 0.25) is 0 Å². The first-order valence-corrected chi connectivity index (χ1v) is 8.65. The summed E-state index contributed by atoms with van der Waals surface area (Å²) in [4.78, 5) is 13.5. The van der Waals surface area contributed by atoms with Crippen LogP contribution in [-0.2, 0) is 0 Å². The minimum Gasteiger partial charge on any atom is -0.367 e. The van der Waals surface area contributed by atoms with Gasteiger partial charge in [0.2, 0.25) is 0 Å². The highest BCUT2D eigenvalue weighted by molar-refractivity contribution is 5.57. The van der Waals surface area contributed by atoms with Gasteiger partial charge in [0.05, 0.1) is 5.69 Å². The Balaban J connectivity index is 1.80. The third-order valence-corrected chi connectivity index (χ3v) is 4.55. The van der Waals surface area contributed by atoms with E-state index < -0.39 is 0 Å². The molecule has 0 bridgehead atoms. The van der Waals surface area contributed by atoms with Crippen molar-refractivity contribution in [3.8, 4) is 11.4 Å². The van der Waals surface area contributed by atoms with Crippen LogP contribution in [0.25, 0.3) is 17.2 Å². The molecule has 6 heteroatoms. The molecule has 0 unspecified atom stereocenters. The molecule has 0 aromatic carbocycles. The van der Waals surface area contributed by atoms with Gasteiger partial charge in [-0.1, -0.05) is 26.7 Å². The molecule has 0 atom stereocenters. The molecular weight excluding hydrogens is 300 g/mol. The fraction of sp³-hybridized carbons (Fsp3) is 0.444. The van der Waals surface area contributed by atoms with Crippen molar-refractivity contribution in [1.82, 2.24) is 24.6 Å². The fourth-order valence-corrected chi connectivity index (χ4v) is 3.18. The molecule has 124 valence electrons. The van der Waals surface area contributed by atoms with Gasteiger partial charge >= 0.3 is 0 Å². The Morgan fingerprint density at radius 2 is 2.04 bits per heavy atom. The Morgan fingerprint density at radius 1 is 1.21 bits per heavy atom. The first-order valence-electron chi connectivity index (χ1n) is 8.65. The van der Waals surface area contributed by atoms with Gasteiger partial charge in [0.15, 0.2) is 5.82 Å². The second kappa shape index (κ2) is 6.19. The van der Waals surface area contributed by atoms with E-state index in [2.05, 4.69) is 45.3 Å². The van der Waals surface area contributed by atoms with Gasteiger partial charge in [0, 0.05) is 30.1 Å². The van der Waals surface area contributed by atoms with Crippen LogP contribution >= 0.6 is 0 Å². The van der Waals surface area contributed by atoms with Gasteiger partial charge in [-0.25, -0.2) is 4.98 Å². The predicted octanol–water partition coefficient (Wildman–Crippen LogP) is 3.66. The summed E-state index contributed by atoms with van der Waals surface area (Å²) in [6.45, 7) is 4.30. The fourth-order valence-electron chi connectivity index (χ4n) is 3.18. The van der Waals surface area contributed by atoms with Gasteiger partial charge < -0.3 is 5.32 Å². The van der Waals surface area contributed by atoms with E-state index >= 15 is 0 Å². The van der Waals surface area contributed by atoms with Crippen molar-refractivity contribution < 1.29 is 0 Å². The minimum atomic E-state index is 0.345. The van der Waals surface area contributed by atoms with E-state index in [0.717, 1.165) is 17.1 Å². The summed E-state index contributed by atoms with van der Waals surface area (Å²) in [6, 6.07) is 6.49. The highest BCUT2D eigenvalue weighted by Gasteiger charge is 2.19. The predicted molar refractivity (Wildman–Crippen MR) is 94.0 cm³/mol. The van der Waals surface area contributed by atoms with Gasteiger partial charge in [-0.2, -0.15) is 9.50 Å². The number of fused-ring (bicyclic) bond motifs is 1. The summed E-state index contributed by atoms with van der Waals surface area (Å²) >= 11 is 0. The molecule has 0 saturated heterocycles. The molecule has 3 aromatic heterocycles. The lowest BCUT2D eigenvalue weighted by atomic mass is 10.1. The Morgan fingerprint density at radius 3 is 2.75 bits per heavy atom. The Bertz CT molecular complexity index is 833.